The second-order valence-electron chi connectivity index (χ2n) is 5.84. The highest BCUT2D eigenvalue weighted by Crippen LogP contribution is 2.22. The van der Waals surface area contributed by atoms with E-state index in [-0.39, 0.29) is 6.04 Å². The van der Waals surface area contributed by atoms with Crippen LogP contribution in [0.2, 0.25) is 0 Å². The molecule has 1 N–H and O–H groups in total. The number of carboxylic acids is 1. The van der Waals surface area contributed by atoms with Crippen molar-refractivity contribution < 1.29 is 9.90 Å². The second-order valence-corrected chi connectivity index (χ2v) is 5.84. The molecule has 0 radical (unpaired) electrons. The monoisotopic (exact) mass is 275 g/mol. The molecule has 0 bridgehead atoms. The van der Waals surface area contributed by atoms with Crippen molar-refractivity contribution in [1.82, 2.24) is 4.90 Å². The first-order valence-corrected chi connectivity index (χ1v) is 7.70. The summed E-state index contributed by atoms with van der Waals surface area (Å²) < 4.78 is 0. The van der Waals surface area contributed by atoms with Crippen LogP contribution in [0.3, 0.4) is 0 Å². The lowest BCUT2D eigenvalue weighted by Crippen LogP contribution is -2.41. The molecule has 3 nitrogen and oxygen atoms in total. The molecule has 0 amide bonds. The van der Waals surface area contributed by atoms with E-state index in [1.165, 1.54) is 5.56 Å². The van der Waals surface area contributed by atoms with Gasteiger partial charge in [-0.25, -0.2) is 0 Å². The van der Waals surface area contributed by atoms with Gasteiger partial charge in [-0.05, 0) is 43.8 Å². The van der Waals surface area contributed by atoms with Gasteiger partial charge in [0.15, 0.2) is 0 Å². The summed E-state index contributed by atoms with van der Waals surface area (Å²) in [4.78, 5) is 13.6. The molecule has 0 aromatic heterocycles. The molecule has 2 rings (SSSR count). The summed E-state index contributed by atoms with van der Waals surface area (Å²) in [5.41, 5.74) is 1.34. The highest BCUT2D eigenvalue weighted by atomic mass is 16.4. The number of carbonyl (C=O) groups is 1. The molecule has 1 aliphatic rings. The van der Waals surface area contributed by atoms with Crippen molar-refractivity contribution in [3.8, 4) is 0 Å². The van der Waals surface area contributed by atoms with Crippen molar-refractivity contribution in [3.63, 3.8) is 0 Å². The van der Waals surface area contributed by atoms with Crippen molar-refractivity contribution in [2.45, 2.75) is 51.0 Å². The van der Waals surface area contributed by atoms with Crippen molar-refractivity contribution in [1.29, 1.82) is 0 Å². The van der Waals surface area contributed by atoms with Gasteiger partial charge in [0.05, 0.1) is 0 Å². The lowest BCUT2D eigenvalue weighted by atomic mass is 9.97. The highest BCUT2D eigenvalue weighted by Gasteiger charge is 2.26. The average molecular weight is 275 g/mol. The Balaban J connectivity index is 1.92. The van der Waals surface area contributed by atoms with Gasteiger partial charge in [-0.2, -0.15) is 0 Å². The van der Waals surface area contributed by atoms with Crippen LogP contribution in [0.15, 0.2) is 30.3 Å². The first kappa shape index (κ1) is 15.0. The van der Waals surface area contributed by atoms with Gasteiger partial charge in [0, 0.05) is 0 Å². The van der Waals surface area contributed by atoms with Crippen molar-refractivity contribution >= 4 is 5.97 Å². The quantitative estimate of drug-likeness (QED) is 0.894. The number of carboxylic acid groups (broad SMARTS) is 1. The lowest BCUT2D eigenvalue weighted by Gasteiger charge is -2.27. The van der Waals surface area contributed by atoms with Gasteiger partial charge in [0.1, 0.15) is 6.04 Å². The van der Waals surface area contributed by atoms with Gasteiger partial charge in [-0.1, -0.05) is 50.1 Å². The van der Waals surface area contributed by atoms with Crippen LogP contribution in [-0.2, 0) is 4.79 Å². The third-order valence-electron chi connectivity index (χ3n) is 4.37. The minimum Gasteiger partial charge on any atom is -0.480 e. The van der Waals surface area contributed by atoms with E-state index in [1.807, 2.05) is 6.07 Å². The molecule has 0 spiro atoms. The first-order valence-electron chi connectivity index (χ1n) is 7.70. The molecule has 1 heterocycles. The molecule has 20 heavy (non-hydrogen) atoms. The van der Waals surface area contributed by atoms with E-state index in [1.54, 1.807) is 0 Å². The molecule has 3 heteroatoms. The highest BCUT2D eigenvalue weighted by molar-refractivity contribution is 5.73. The second kappa shape index (κ2) is 7.44. The fourth-order valence-corrected chi connectivity index (χ4v) is 3.02. The van der Waals surface area contributed by atoms with E-state index in [0.29, 0.717) is 5.92 Å². The van der Waals surface area contributed by atoms with Crippen LogP contribution in [0.25, 0.3) is 0 Å². The Morgan fingerprint density at radius 3 is 2.75 bits per heavy atom. The van der Waals surface area contributed by atoms with Crippen LogP contribution < -0.4 is 0 Å². The Kier molecular flexibility index (Phi) is 5.60. The molecule has 1 saturated heterocycles. The van der Waals surface area contributed by atoms with E-state index >= 15 is 0 Å². The number of nitrogens with zero attached hydrogens (tertiary/aromatic N) is 1. The molecule has 1 aromatic rings. The summed E-state index contributed by atoms with van der Waals surface area (Å²) in [7, 11) is 0. The van der Waals surface area contributed by atoms with Crippen LogP contribution in [0.4, 0.5) is 0 Å². The summed E-state index contributed by atoms with van der Waals surface area (Å²) in [5.74, 6) is -0.173. The largest absolute Gasteiger partial charge is 0.480 e. The maximum absolute atomic E-state index is 11.4. The zero-order valence-corrected chi connectivity index (χ0v) is 12.3. The summed E-state index contributed by atoms with van der Waals surface area (Å²) >= 11 is 0. The molecular weight excluding hydrogens is 250 g/mol. The van der Waals surface area contributed by atoms with E-state index in [4.69, 9.17) is 0 Å². The Morgan fingerprint density at radius 1 is 1.30 bits per heavy atom. The van der Waals surface area contributed by atoms with Gasteiger partial charge in [-0.15, -0.1) is 0 Å². The normalized spacial score (nSPS) is 22.1. The number of benzene rings is 1. The average Bonchev–Trinajstić information content (AvgIpc) is 2.71. The van der Waals surface area contributed by atoms with Gasteiger partial charge in [0.2, 0.25) is 0 Å². The number of hydrogen-bond donors (Lipinski definition) is 1. The van der Waals surface area contributed by atoms with Gasteiger partial charge >= 0.3 is 5.97 Å². The summed E-state index contributed by atoms with van der Waals surface area (Å²) in [6.45, 7) is 4.04. The number of hydrogen-bond acceptors (Lipinski definition) is 2. The molecule has 1 fully saturated rings. The zero-order valence-electron chi connectivity index (χ0n) is 12.3. The third kappa shape index (κ3) is 4.07. The molecule has 0 aliphatic carbocycles. The number of aliphatic carboxylic acids is 1. The molecule has 1 aliphatic heterocycles. The van der Waals surface area contributed by atoms with Gasteiger partial charge < -0.3 is 5.11 Å². The van der Waals surface area contributed by atoms with Crippen molar-refractivity contribution in [2.75, 3.05) is 13.1 Å². The smallest absolute Gasteiger partial charge is 0.320 e. The molecule has 2 atom stereocenters. The molecule has 110 valence electrons. The van der Waals surface area contributed by atoms with Crippen LogP contribution in [0.1, 0.15) is 50.5 Å². The summed E-state index contributed by atoms with van der Waals surface area (Å²) in [5, 5.41) is 9.37. The summed E-state index contributed by atoms with van der Waals surface area (Å²) in [6, 6.07) is 10.2. The minimum atomic E-state index is -0.653. The van der Waals surface area contributed by atoms with E-state index < -0.39 is 5.97 Å². The lowest BCUT2D eigenvalue weighted by molar-refractivity contribution is -0.143. The predicted octanol–water partition coefficient (Wildman–Crippen LogP) is 3.51. The molecule has 0 saturated carbocycles. The van der Waals surface area contributed by atoms with Crippen LogP contribution >= 0.6 is 0 Å². The standard InChI is InChI=1S/C17H25NO2/c1-14(15-8-4-2-5-9-15)11-13-18-12-7-3-6-10-16(18)17(19)20/h2,4-5,8-9,14,16H,3,6-7,10-13H2,1H3,(H,19,20). The van der Waals surface area contributed by atoms with Crippen LogP contribution in [-0.4, -0.2) is 35.1 Å². The third-order valence-corrected chi connectivity index (χ3v) is 4.37. The zero-order chi connectivity index (χ0) is 14.4. The Hall–Kier alpha value is -1.35. The van der Waals surface area contributed by atoms with Crippen molar-refractivity contribution in [3.05, 3.63) is 35.9 Å². The molecule has 1 aromatic carbocycles. The first-order chi connectivity index (χ1) is 9.68. The fraction of sp³-hybridized carbons (Fsp3) is 0.588. The maximum atomic E-state index is 11.4. The Bertz CT molecular complexity index is 418. The maximum Gasteiger partial charge on any atom is 0.320 e. The van der Waals surface area contributed by atoms with Gasteiger partial charge in [0.25, 0.3) is 0 Å². The number of likely N-dealkylation sites (tertiary alicyclic amines) is 1. The topological polar surface area (TPSA) is 40.5 Å². The SMILES string of the molecule is CC(CCN1CCCCCC1C(=O)O)c1ccccc1. The fourth-order valence-electron chi connectivity index (χ4n) is 3.02. The molecule has 2 unspecified atom stereocenters. The van der Waals surface area contributed by atoms with Gasteiger partial charge in [-0.3, -0.25) is 9.69 Å². The van der Waals surface area contributed by atoms with Crippen molar-refractivity contribution in [2.24, 2.45) is 0 Å². The molecular formula is C17H25NO2. The van der Waals surface area contributed by atoms with E-state index in [0.717, 1.165) is 45.2 Å². The number of rotatable bonds is 5. The van der Waals surface area contributed by atoms with Crippen LogP contribution in [0.5, 0.6) is 0 Å². The van der Waals surface area contributed by atoms with Crippen LogP contribution in [0, 0.1) is 0 Å². The Labute approximate surface area is 121 Å². The predicted molar refractivity (Wildman–Crippen MR) is 80.9 cm³/mol. The van der Waals surface area contributed by atoms with E-state index in [9.17, 15) is 9.90 Å². The Morgan fingerprint density at radius 2 is 2.05 bits per heavy atom. The minimum absolute atomic E-state index is 0.277. The summed E-state index contributed by atoms with van der Waals surface area (Å²) in [6.07, 6.45) is 5.16. The van der Waals surface area contributed by atoms with E-state index in [2.05, 4.69) is 36.1 Å².